The number of sulfonamides is 1. The van der Waals surface area contributed by atoms with Gasteiger partial charge in [0.05, 0.1) is 25.4 Å². The molecule has 0 bridgehead atoms. The summed E-state index contributed by atoms with van der Waals surface area (Å²) in [5, 5.41) is 17.1. The first-order valence-corrected chi connectivity index (χ1v) is 7.89. The van der Waals surface area contributed by atoms with E-state index in [1.807, 2.05) is 0 Å². The van der Waals surface area contributed by atoms with Crippen LogP contribution in [0, 0.1) is 13.8 Å². The second-order valence-corrected chi connectivity index (χ2v) is 6.78. The van der Waals surface area contributed by atoms with E-state index in [1.165, 1.54) is 0 Å². The van der Waals surface area contributed by atoms with Crippen molar-refractivity contribution in [3.8, 4) is 0 Å². The third-order valence-electron chi connectivity index (χ3n) is 3.49. The molecule has 1 aromatic carbocycles. The number of benzene rings is 1. The molecule has 2 N–H and O–H groups in total. The van der Waals surface area contributed by atoms with E-state index in [0.29, 0.717) is 11.1 Å². The second kappa shape index (κ2) is 5.02. The lowest BCUT2D eigenvalue weighted by Gasteiger charge is -2.16. The summed E-state index contributed by atoms with van der Waals surface area (Å²) >= 11 is 0. The quantitative estimate of drug-likeness (QED) is 0.811. The Balaban J connectivity index is 2.08. The maximum atomic E-state index is 12.6. The van der Waals surface area contributed by atoms with Crippen LogP contribution in [0.4, 0.5) is 0 Å². The molecule has 1 fully saturated rings. The Hall–Kier alpha value is -1.55. The molecule has 1 saturated heterocycles. The molecule has 0 amide bonds. The molecule has 2 atom stereocenters. The van der Waals surface area contributed by atoms with Crippen LogP contribution in [0.15, 0.2) is 15.6 Å². The molecule has 1 aliphatic rings. The van der Waals surface area contributed by atoms with Gasteiger partial charge in [0.15, 0.2) is 5.52 Å². The maximum Gasteiger partial charge on any atom is 0.243 e. The van der Waals surface area contributed by atoms with E-state index in [9.17, 15) is 13.5 Å². The van der Waals surface area contributed by atoms with E-state index >= 15 is 0 Å². The molecule has 2 heterocycles. The van der Waals surface area contributed by atoms with Crippen molar-refractivity contribution in [1.29, 1.82) is 0 Å². The third-order valence-corrected chi connectivity index (χ3v) is 5.16. The number of ether oxygens (including phenoxy) is 1. The van der Waals surface area contributed by atoms with Crippen LogP contribution >= 0.6 is 0 Å². The topological polar surface area (TPSA) is 115 Å². The smallest absolute Gasteiger partial charge is 0.243 e. The van der Waals surface area contributed by atoms with Crippen molar-refractivity contribution in [2.75, 3.05) is 13.2 Å². The summed E-state index contributed by atoms with van der Waals surface area (Å²) in [6.07, 6.45) is -0.864. The summed E-state index contributed by atoms with van der Waals surface area (Å²) in [4.78, 5) is 0.0171. The standard InChI is InChI=1S/C12H15N3O5S/c1-6-3-7(2)12(11-10(6)13-20-14-11)21(17,18)15-8-4-19-5-9(8)16/h3,8-9,15-16H,4-5H2,1-2H3/t8-,9-/m0/s1. The Morgan fingerprint density at radius 3 is 2.62 bits per heavy atom. The molecule has 0 spiro atoms. The first kappa shape index (κ1) is 14.4. The van der Waals surface area contributed by atoms with Crippen LogP contribution in [0.1, 0.15) is 11.1 Å². The molecule has 0 saturated carbocycles. The number of aryl methyl sites for hydroxylation is 2. The van der Waals surface area contributed by atoms with Crippen molar-refractivity contribution in [3.63, 3.8) is 0 Å². The SMILES string of the molecule is Cc1cc(C)c2nonc2c1S(=O)(=O)N[C@H]1COC[C@@H]1O. The van der Waals surface area contributed by atoms with Gasteiger partial charge in [-0.2, -0.15) is 0 Å². The van der Waals surface area contributed by atoms with Crippen LogP contribution in [-0.2, 0) is 14.8 Å². The fourth-order valence-corrected chi connectivity index (χ4v) is 4.11. The Morgan fingerprint density at radius 2 is 1.95 bits per heavy atom. The van der Waals surface area contributed by atoms with Gasteiger partial charge in [0, 0.05) is 0 Å². The Labute approximate surface area is 121 Å². The molecule has 0 radical (unpaired) electrons. The van der Waals surface area contributed by atoms with E-state index in [2.05, 4.69) is 19.7 Å². The highest BCUT2D eigenvalue weighted by molar-refractivity contribution is 7.89. The highest BCUT2D eigenvalue weighted by Gasteiger charge is 2.33. The van der Waals surface area contributed by atoms with Crippen LogP contribution in [-0.4, -0.2) is 49.2 Å². The lowest BCUT2D eigenvalue weighted by atomic mass is 10.1. The molecule has 2 aromatic rings. The number of nitrogens with zero attached hydrogens (tertiary/aromatic N) is 2. The average molecular weight is 313 g/mol. The number of nitrogens with one attached hydrogen (secondary N) is 1. The summed E-state index contributed by atoms with van der Waals surface area (Å²) < 4.78 is 37.3. The van der Waals surface area contributed by atoms with E-state index in [0.717, 1.165) is 5.56 Å². The summed E-state index contributed by atoms with van der Waals surface area (Å²) in [5.74, 6) is 0. The Kier molecular flexibility index (Phi) is 3.44. The molecule has 8 nitrogen and oxygen atoms in total. The highest BCUT2D eigenvalue weighted by atomic mass is 32.2. The van der Waals surface area contributed by atoms with E-state index in [-0.39, 0.29) is 23.6 Å². The molecule has 1 aliphatic heterocycles. The second-order valence-electron chi connectivity index (χ2n) is 5.13. The zero-order valence-corrected chi connectivity index (χ0v) is 12.3. The zero-order valence-electron chi connectivity index (χ0n) is 11.5. The summed E-state index contributed by atoms with van der Waals surface area (Å²) in [6, 6.07) is 1.04. The predicted molar refractivity (Wildman–Crippen MR) is 72.2 cm³/mol. The van der Waals surface area contributed by atoms with Gasteiger partial charge in [-0.3, -0.25) is 0 Å². The van der Waals surface area contributed by atoms with Crippen molar-refractivity contribution in [2.24, 2.45) is 0 Å². The molecule has 3 rings (SSSR count). The largest absolute Gasteiger partial charge is 0.389 e. The van der Waals surface area contributed by atoms with Gasteiger partial charge in [0.1, 0.15) is 10.4 Å². The van der Waals surface area contributed by atoms with Crippen LogP contribution in [0.2, 0.25) is 0 Å². The molecule has 9 heteroatoms. The van der Waals surface area contributed by atoms with Gasteiger partial charge in [-0.1, -0.05) is 6.07 Å². The maximum absolute atomic E-state index is 12.6. The minimum absolute atomic E-state index is 0.0171. The van der Waals surface area contributed by atoms with E-state index < -0.39 is 22.2 Å². The van der Waals surface area contributed by atoms with Gasteiger partial charge in [0.2, 0.25) is 10.0 Å². The number of aromatic nitrogens is 2. The van der Waals surface area contributed by atoms with Gasteiger partial charge in [-0.25, -0.2) is 17.8 Å². The summed E-state index contributed by atoms with van der Waals surface area (Å²) in [5.41, 5.74) is 1.92. The van der Waals surface area contributed by atoms with Gasteiger partial charge in [-0.05, 0) is 35.3 Å². The number of aliphatic hydroxyl groups is 1. The third kappa shape index (κ3) is 2.42. The first-order chi connectivity index (χ1) is 9.90. The molecule has 0 unspecified atom stereocenters. The van der Waals surface area contributed by atoms with Crippen molar-refractivity contribution in [2.45, 2.75) is 30.9 Å². The van der Waals surface area contributed by atoms with Gasteiger partial charge < -0.3 is 9.84 Å². The number of fused-ring (bicyclic) bond motifs is 1. The lowest BCUT2D eigenvalue weighted by molar-refractivity contribution is 0.124. The van der Waals surface area contributed by atoms with Crippen molar-refractivity contribution in [1.82, 2.24) is 15.0 Å². The Bertz CT molecular complexity index is 786. The molecular formula is C12H15N3O5S. The number of hydrogen-bond donors (Lipinski definition) is 2. The summed E-state index contributed by atoms with van der Waals surface area (Å²) in [6.45, 7) is 3.72. The van der Waals surface area contributed by atoms with Crippen molar-refractivity contribution >= 4 is 21.1 Å². The van der Waals surface area contributed by atoms with E-state index in [1.54, 1.807) is 19.9 Å². The molecule has 21 heavy (non-hydrogen) atoms. The van der Waals surface area contributed by atoms with Gasteiger partial charge >= 0.3 is 0 Å². The van der Waals surface area contributed by atoms with Crippen molar-refractivity contribution < 1.29 is 22.9 Å². The van der Waals surface area contributed by atoms with Crippen LogP contribution in [0.3, 0.4) is 0 Å². The molecule has 0 aliphatic carbocycles. The monoisotopic (exact) mass is 313 g/mol. The normalized spacial score (nSPS) is 23.0. The van der Waals surface area contributed by atoms with Gasteiger partial charge in [-0.15, -0.1) is 0 Å². The van der Waals surface area contributed by atoms with Crippen molar-refractivity contribution in [3.05, 3.63) is 17.2 Å². The van der Waals surface area contributed by atoms with Gasteiger partial charge in [0.25, 0.3) is 0 Å². The highest BCUT2D eigenvalue weighted by Crippen LogP contribution is 2.27. The molecule has 114 valence electrons. The lowest BCUT2D eigenvalue weighted by Crippen LogP contribution is -2.42. The molecular weight excluding hydrogens is 298 g/mol. The fraction of sp³-hybridized carbons (Fsp3) is 0.500. The summed E-state index contributed by atoms with van der Waals surface area (Å²) in [7, 11) is -3.87. The number of rotatable bonds is 3. The fourth-order valence-electron chi connectivity index (χ4n) is 2.49. The Morgan fingerprint density at radius 1 is 1.24 bits per heavy atom. The zero-order chi connectivity index (χ0) is 15.2. The van der Waals surface area contributed by atoms with E-state index in [4.69, 9.17) is 4.74 Å². The molecule has 1 aromatic heterocycles. The number of hydrogen-bond acceptors (Lipinski definition) is 7. The van der Waals surface area contributed by atoms with Crippen LogP contribution in [0.5, 0.6) is 0 Å². The minimum atomic E-state index is -3.87. The average Bonchev–Trinajstić information content (AvgIpc) is 2.99. The first-order valence-electron chi connectivity index (χ1n) is 6.41. The number of aliphatic hydroxyl groups excluding tert-OH is 1. The minimum Gasteiger partial charge on any atom is -0.389 e. The van der Waals surface area contributed by atoms with Crippen LogP contribution < -0.4 is 4.72 Å². The predicted octanol–water partition coefficient (Wildman–Crippen LogP) is -0.122. The van der Waals surface area contributed by atoms with Crippen LogP contribution in [0.25, 0.3) is 11.0 Å².